The first-order valence-corrected chi connectivity index (χ1v) is 8.70. The van der Waals surface area contributed by atoms with E-state index in [9.17, 15) is 9.59 Å². The van der Waals surface area contributed by atoms with Gasteiger partial charge in [0.25, 0.3) is 0 Å². The van der Waals surface area contributed by atoms with Crippen LogP contribution in [0, 0.1) is 0 Å². The number of carbonyl (C=O) groups excluding carboxylic acids is 2. The normalized spacial score (nSPS) is 20.3. The number of carbonyl (C=O) groups is 2. The number of ketones is 1. The summed E-state index contributed by atoms with van der Waals surface area (Å²) in [6, 6.07) is 7.15. The first-order valence-electron chi connectivity index (χ1n) is 7.47. The van der Waals surface area contributed by atoms with E-state index in [0.717, 1.165) is 17.7 Å². The monoisotopic (exact) mass is 332 g/mol. The van der Waals surface area contributed by atoms with Gasteiger partial charge in [0.2, 0.25) is 6.29 Å². The van der Waals surface area contributed by atoms with E-state index >= 15 is 0 Å². The van der Waals surface area contributed by atoms with Gasteiger partial charge in [-0.15, -0.1) is 18.3 Å². The third kappa shape index (κ3) is 5.08. The Hall–Kier alpha value is -1.85. The van der Waals surface area contributed by atoms with Gasteiger partial charge in [0, 0.05) is 4.90 Å². The fourth-order valence-electron chi connectivity index (χ4n) is 2.18. The van der Waals surface area contributed by atoms with E-state index in [0.29, 0.717) is 12.0 Å². The van der Waals surface area contributed by atoms with Crippen molar-refractivity contribution in [3.05, 3.63) is 54.6 Å². The summed E-state index contributed by atoms with van der Waals surface area (Å²) in [4.78, 5) is 25.0. The van der Waals surface area contributed by atoms with E-state index in [2.05, 4.69) is 6.58 Å². The highest BCUT2D eigenvalue weighted by Gasteiger charge is 2.27. The molecule has 1 aromatic carbocycles. The minimum Gasteiger partial charge on any atom is -0.428 e. The van der Waals surface area contributed by atoms with Crippen molar-refractivity contribution in [2.75, 3.05) is 6.26 Å². The molecule has 0 amide bonds. The molecular formula is C18H20O4S. The molecule has 2 rings (SSSR count). The van der Waals surface area contributed by atoms with Gasteiger partial charge in [-0.3, -0.25) is 4.79 Å². The number of esters is 1. The second-order valence-electron chi connectivity index (χ2n) is 5.11. The van der Waals surface area contributed by atoms with E-state index in [4.69, 9.17) is 9.47 Å². The average Bonchev–Trinajstić information content (AvgIpc) is 2.58. The zero-order chi connectivity index (χ0) is 16.7. The molecule has 4 nitrogen and oxygen atoms in total. The molecular weight excluding hydrogens is 312 g/mol. The molecule has 0 spiro atoms. The molecule has 122 valence electrons. The predicted molar refractivity (Wildman–Crippen MR) is 90.5 cm³/mol. The van der Waals surface area contributed by atoms with Crippen LogP contribution in [-0.2, 0) is 14.3 Å². The number of rotatable bonds is 7. The van der Waals surface area contributed by atoms with Crippen molar-refractivity contribution in [3.63, 3.8) is 0 Å². The summed E-state index contributed by atoms with van der Waals surface area (Å²) in [7, 11) is 0. The Labute approximate surface area is 140 Å². The largest absolute Gasteiger partial charge is 0.428 e. The molecule has 1 aliphatic rings. The van der Waals surface area contributed by atoms with Crippen LogP contribution < -0.4 is 0 Å². The van der Waals surface area contributed by atoms with Gasteiger partial charge in [-0.1, -0.05) is 6.08 Å². The summed E-state index contributed by atoms with van der Waals surface area (Å²) in [6.45, 7) is 3.65. The van der Waals surface area contributed by atoms with Gasteiger partial charge in [0.1, 0.15) is 6.10 Å². The second-order valence-corrected chi connectivity index (χ2v) is 5.99. The van der Waals surface area contributed by atoms with Crippen molar-refractivity contribution in [2.24, 2.45) is 0 Å². The Morgan fingerprint density at radius 2 is 2.13 bits per heavy atom. The molecule has 0 saturated carbocycles. The maximum absolute atomic E-state index is 12.1. The Kier molecular flexibility index (Phi) is 6.62. The van der Waals surface area contributed by atoms with Gasteiger partial charge in [-0.05, 0) is 61.9 Å². The minimum absolute atomic E-state index is 0.0920. The van der Waals surface area contributed by atoms with E-state index in [1.807, 2.05) is 18.4 Å². The molecule has 2 unspecified atom stereocenters. The summed E-state index contributed by atoms with van der Waals surface area (Å²) in [6.07, 6.45) is 7.51. The van der Waals surface area contributed by atoms with Crippen molar-refractivity contribution < 1.29 is 19.1 Å². The lowest BCUT2D eigenvalue weighted by Crippen LogP contribution is -2.34. The predicted octanol–water partition coefficient (Wildman–Crippen LogP) is 3.77. The van der Waals surface area contributed by atoms with Crippen LogP contribution in [-0.4, -0.2) is 30.4 Å². The molecule has 5 heteroatoms. The SMILES string of the molecule is C=CCCCC1OC(OC(=O)c2ccc(SC)cc2)C=CC1=O. The molecule has 1 heterocycles. The molecule has 0 aliphatic carbocycles. The lowest BCUT2D eigenvalue weighted by Gasteiger charge is -2.24. The van der Waals surface area contributed by atoms with E-state index in [-0.39, 0.29) is 5.78 Å². The number of allylic oxidation sites excluding steroid dienone is 1. The van der Waals surface area contributed by atoms with Crippen LogP contribution in [0.25, 0.3) is 0 Å². The van der Waals surface area contributed by atoms with Gasteiger partial charge in [-0.25, -0.2) is 4.79 Å². The number of benzene rings is 1. The zero-order valence-electron chi connectivity index (χ0n) is 13.1. The van der Waals surface area contributed by atoms with Crippen LogP contribution in [0.2, 0.25) is 0 Å². The Morgan fingerprint density at radius 1 is 1.39 bits per heavy atom. The second kappa shape index (κ2) is 8.70. The highest BCUT2D eigenvalue weighted by Crippen LogP contribution is 2.19. The van der Waals surface area contributed by atoms with Gasteiger partial charge >= 0.3 is 5.97 Å². The maximum atomic E-state index is 12.1. The summed E-state index contributed by atoms with van der Waals surface area (Å²) < 4.78 is 10.9. The van der Waals surface area contributed by atoms with Crippen LogP contribution in [0.5, 0.6) is 0 Å². The molecule has 2 atom stereocenters. The number of ether oxygens (including phenoxy) is 2. The lowest BCUT2D eigenvalue weighted by atomic mass is 10.1. The zero-order valence-corrected chi connectivity index (χ0v) is 13.9. The van der Waals surface area contributed by atoms with Crippen molar-refractivity contribution in [1.29, 1.82) is 0 Å². The highest BCUT2D eigenvalue weighted by atomic mass is 32.2. The lowest BCUT2D eigenvalue weighted by molar-refractivity contribution is -0.150. The molecule has 23 heavy (non-hydrogen) atoms. The third-order valence-electron chi connectivity index (χ3n) is 3.46. The van der Waals surface area contributed by atoms with Gasteiger partial charge in [0.15, 0.2) is 5.78 Å². The number of hydrogen-bond acceptors (Lipinski definition) is 5. The van der Waals surface area contributed by atoms with Gasteiger partial charge in [0.05, 0.1) is 5.56 Å². The Bertz CT molecular complexity index is 592. The Balaban J connectivity index is 1.93. The van der Waals surface area contributed by atoms with Crippen molar-refractivity contribution >= 4 is 23.5 Å². The fraction of sp³-hybridized carbons (Fsp3) is 0.333. The number of thioether (sulfide) groups is 1. The van der Waals surface area contributed by atoms with E-state index < -0.39 is 18.4 Å². The first kappa shape index (κ1) is 17.5. The maximum Gasteiger partial charge on any atom is 0.340 e. The van der Waals surface area contributed by atoms with Crippen molar-refractivity contribution in [1.82, 2.24) is 0 Å². The first-order chi connectivity index (χ1) is 11.1. The summed E-state index contributed by atoms with van der Waals surface area (Å²) in [5.41, 5.74) is 0.458. The molecule has 0 aromatic heterocycles. The van der Waals surface area contributed by atoms with Crippen LogP contribution >= 0.6 is 11.8 Å². The van der Waals surface area contributed by atoms with E-state index in [1.165, 1.54) is 12.2 Å². The van der Waals surface area contributed by atoms with Crippen LogP contribution in [0.4, 0.5) is 0 Å². The average molecular weight is 332 g/mol. The van der Waals surface area contributed by atoms with Crippen LogP contribution in [0.15, 0.2) is 54.0 Å². The molecule has 1 aliphatic heterocycles. The molecule has 0 saturated heterocycles. The summed E-state index contributed by atoms with van der Waals surface area (Å²) >= 11 is 1.60. The molecule has 1 aromatic rings. The smallest absolute Gasteiger partial charge is 0.340 e. The van der Waals surface area contributed by atoms with E-state index in [1.54, 1.807) is 30.0 Å². The summed E-state index contributed by atoms with van der Waals surface area (Å²) in [5, 5.41) is 0. The van der Waals surface area contributed by atoms with Crippen LogP contribution in [0.3, 0.4) is 0 Å². The Morgan fingerprint density at radius 3 is 2.78 bits per heavy atom. The number of unbranched alkanes of at least 4 members (excludes halogenated alkanes) is 1. The highest BCUT2D eigenvalue weighted by molar-refractivity contribution is 7.98. The fourth-order valence-corrected chi connectivity index (χ4v) is 2.59. The quantitative estimate of drug-likeness (QED) is 0.329. The molecule has 0 fully saturated rings. The van der Waals surface area contributed by atoms with Gasteiger partial charge in [-0.2, -0.15) is 0 Å². The van der Waals surface area contributed by atoms with Crippen molar-refractivity contribution in [3.8, 4) is 0 Å². The summed E-state index contributed by atoms with van der Waals surface area (Å²) in [5.74, 6) is -0.558. The third-order valence-corrected chi connectivity index (χ3v) is 4.20. The van der Waals surface area contributed by atoms with Gasteiger partial charge < -0.3 is 9.47 Å². The van der Waals surface area contributed by atoms with Crippen LogP contribution in [0.1, 0.15) is 29.6 Å². The molecule has 0 N–H and O–H groups in total. The molecule has 0 bridgehead atoms. The molecule has 0 radical (unpaired) electrons. The topological polar surface area (TPSA) is 52.6 Å². The minimum atomic E-state index is -0.825. The standard InChI is InChI=1S/C18H20O4S/c1-3-4-5-6-16-15(19)11-12-17(21-16)22-18(20)13-7-9-14(23-2)10-8-13/h3,7-12,16-17H,1,4-6H2,2H3. The number of hydrogen-bond donors (Lipinski definition) is 0. The van der Waals surface area contributed by atoms with Crippen molar-refractivity contribution in [2.45, 2.75) is 36.6 Å².